The molecule has 0 aromatic heterocycles. The summed E-state index contributed by atoms with van der Waals surface area (Å²) in [4.78, 5) is 9.91. The van der Waals surface area contributed by atoms with Crippen molar-refractivity contribution in [2.24, 2.45) is 11.8 Å². The van der Waals surface area contributed by atoms with Crippen LogP contribution in [0.4, 0.5) is 0 Å². The molecule has 1 heteroatoms. The van der Waals surface area contributed by atoms with Gasteiger partial charge in [-0.3, -0.25) is 4.79 Å². The maximum atomic E-state index is 9.91. The first-order valence-corrected chi connectivity index (χ1v) is 3.78. The van der Waals surface area contributed by atoms with Crippen molar-refractivity contribution >= 4 is 6.29 Å². The molecule has 0 aliphatic rings. The molecular weight excluding hydrogens is 124 g/mol. The van der Waals surface area contributed by atoms with Crippen LogP contribution in [0.25, 0.3) is 0 Å². The van der Waals surface area contributed by atoms with Crippen LogP contribution in [-0.2, 0) is 4.79 Å². The minimum absolute atomic E-state index is 0.533. The summed E-state index contributed by atoms with van der Waals surface area (Å²) in [6.45, 7) is 6.50. The Morgan fingerprint density at radius 2 is 1.90 bits per heavy atom. The Morgan fingerprint density at radius 1 is 1.30 bits per heavy atom. The summed E-state index contributed by atoms with van der Waals surface area (Å²) < 4.78 is 0. The fraction of sp³-hybridized carbons (Fsp3) is 0.667. The lowest BCUT2D eigenvalue weighted by Gasteiger charge is -2.07. The van der Waals surface area contributed by atoms with Gasteiger partial charge in [0.1, 0.15) is 6.29 Å². The molecule has 0 unspecified atom stereocenters. The third-order valence-electron chi connectivity index (χ3n) is 1.36. The van der Waals surface area contributed by atoms with E-state index in [-0.39, 0.29) is 0 Å². The Hall–Kier alpha value is -0.590. The molecule has 0 N–H and O–H groups in total. The summed E-state index contributed by atoms with van der Waals surface area (Å²) in [5.41, 5.74) is 0. The maximum Gasteiger partial charge on any atom is 0.142 e. The quantitative estimate of drug-likeness (QED) is 0.433. The molecule has 58 valence electrons. The summed E-state index contributed by atoms with van der Waals surface area (Å²) in [5, 5.41) is 0. The topological polar surface area (TPSA) is 17.1 Å². The lowest BCUT2D eigenvalue weighted by molar-refractivity contribution is -0.104. The number of aldehydes is 1. The first-order chi connectivity index (χ1) is 4.66. The predicted molar refractivity (Wildman–Crippen MR) is 43.8 cm³/mol. The third kappa shape index (κ3) is 5.54. The van der Waals surface area contributed by atoms with Crippen molar-refractivity contribution in [1.82, 2.24) is 0 Å². The SMILES string of the molecule is CC(C)C[C@H](C)/C=C\C=O. The molecule has 0 fully saturated rings. The highest BCUT2D eigenvalue weighted by molar-refractivity contribution is 5.64. The van der Waals surface area contributed by atoms with Gasteiger partial charge in [-0.05, 0) is 24.3 Å². The fourth-order valence-electron chi connectivity index (χ4n) is 1.06. The lowest BCUT2D eigenvalue weighted by Crippen LogP contribution is -1.95. The van der Waals surface area contributed by atoms with Gasteiger partial charge < -0.3 is 0 Å². The van der Waals surface area contributed by atoms with E-state index in [9.17, 15) is 4.79 Å². The Bertz CT molecular complexity index is 114. The monoisotopic (exact) mass is 140 g/mol. The average molecular weight is 140 g/mol. The summed E-state index contributed by atoms with van der Waals surface area (Å²) in [6.07, 6.45) is 5.52. The Morgan fingerprint density at radius 3 is 2.30 bits per heavy atom. The van der Waals surface area contributed by atoms with E-state index in [1.807, 2.05) is 6.08 Å². The molecule has 0 saturated carbocycles. The van der Waals surface area contributed by atoms with Crippen LogP contribution in [0, 0.1) is 11.8 Å². The molecule has 1 atom stereocenters. The van der Waals surface area contributed by atoms with Crippen molar-refractivity contribution in [3.05, 3.63) is 12.2 Å². The molecule has 0 aliphatic carbocycles. The van der Waals surface area contributed by atoms with Crippen LogP contribution in [0.15, 0.2) is 12.2 Å². The van der Waals surface area contributed by atoms with E-state index >= 15 is 0 Å². The van der Waals surface area contributed by atoms with Gasteiger partial charge in [0.25, 0.3) is 0 Å². The number of allylic oxidation sites excluding steroid dienone is 2. The molecule has 10 heavy (non-hydrogen) atoms. The summed E-state index contributed by atoms with van der Waals surface area (Å²) in [7, 11) is 0. The van der Waals surface area contributed by atoms with Gasteiger partial charge in [-0.15, -0.1) is 0 Å². The van der Waals surface area contributed by atoms with E-state index in [2.05, 4.69) is 20.8 Å². The summed E-state index contributed by atoms with van der Waals surface area (Å²) >= 11 is 0. The lowest BCUT2D eigenvalue weighted by atomic mass is 9.99. The molecule has 0 heterocycles. The molecule has 0 bridgehead atoms. The zero-order valence-electron chi connectivity index (χ0n) is 7.00. The van der Waals surface area contributed by atoms with Gasteiger partial charge in [0.05, 0.1) is 0 Å². The smallest absolute Gasteiger partial charge is 0.142 e. The maximum absolute atomic E-state index is 9.91. The normalized spacial score (nSPS) is 14.4. The molecular formula is C9H16O. The summed E-state index contributed by atoms with van der Waals surface area (Å²) in [5.74, 6) is 1.25. The second-order valence-corrected chi connectivity index (χ2v) is 3.13. The second kappa shape index (κ2) is 5.21. The van der Waals surface area contributed by atoms with Gasteiger partial charge in [0.15, 0.2) is 0 Å². The van der Waals surface area contributed by atoms with Crippen molar-refractivity contribution in [2.45, 2.75) is 27.2 Å². The van der Waals surface area contributed by atoms with Crippen molar-refractivity contribution < 1.29 is 4.79 Å². The van der Waals surface area contributed by atoms with Crippen LogP contribution < -0.4 is 0 Å². The number of carbonyl (C=O) groups is 1. The molecule has 0 aromatic carbocycles. The molecule has 0 rings (SSSR count). The number of rotatable bonds is 4. The number of hydrogen-bond acceptors (Lipinski definition) is 1. The number of carbonyl (C=O) groups excluding carboxylic acids is 1. The van der Waals surface area contributed by atoms with Gasteiger partial charge in [-0.1, -0.05) is 26.8 Å². The minimum atomic E-state index is 0.533. The van der Waals surface area contributed by atoms with Crippen LogP contribution in [0.5, 0.6) is 0 Å². The van der Waals surface area contributed by atoms with Gasteiger partial charge in [0.2, 0.25) is 0 Å². The van der Waals surface area contributed by atoms with Crippen LogP contribution in [0.3, 0.4) is 0 Å². The first-order valence-electron chi connectivity index (χ1n) is 3.78. The van der Waals surface area contributed by atoms with E-state index in [0.717, 1.165) is 12.7 Å². The van der Waals surface area contributed by atoms with Crippen LogP contribution in [0.2, 0.25) is 0 Å². The Balaban J connectivity index is 3.52. The molecule has 0 radical (unpaired) electrons. The fourth-order valence-corrected chi connectivity index (χ4v) is 1.06. The van der Waals surface area contributed by atoms with E-state index < -0.39 is 0 Å². The van der Waals surface area contributed by atoms with Crippen LogP contribution in [0.1, 0.15) is 27.2 Å². The first kappa shape index (κ1) is 9.41. The second-order valence-electron chi connectivity index (χ2n) is 3.13. The number of hydrogen-bond donors (Lipinski definition) is 0. The van der Waals surface area contributed by atoms with Gasteiger partial charge in [-0.2, -0.15) is 0 Å². The average Bonchev–Trinajstić information content (AvgIpc) is 1.82. The minimum Gasteiger partial charge on any atom is -0.299 e. The highest BCUT2D eigenvalue weighted by Crippen LogP contribution is 2.11. The molecule has 0 amide bonds. The Kier molecular flexibility index (Phi) is 4.91. The van der Waals surface area contributed by atoms with Crippen molar-refractivity contribution in [1.29, 1.82) is 0 Å². The molecule has 0 spiro atoms. The van der Waals surface area contributed by atoms with E-state index in [1.165, 1.54) is 0 Å². The van der Waals surface area contributed by atoms with Crippen LogP contribution >= 0.6 is 0 Å². The van der Waals surface area contributed by atoms with Gasteiger partial charge in [0, 0.05) is 0 Å². The van der Waals surface area contributed by atoms with Gasteiger partial charge in [-0.25, -0.2) is 0 Å². The highest BCUT2D eigenvalue weighted by Gasteiger charge is 1.99. The van der Waals surface area contributed by atoms with E-state index in [0.29, 0.717) is 11.8 Å². The standard InChI is InChI=1S/C9H16O/c1-8(2)7-9(3)5-4-6-10/h4-6,8-9H,7H2,1-3H3/b5-4-/t9-/m1/s1. The predicted octanol–water partition coefficient (Wildman–Crippen LogP) is 2.42. The largest absolute Gasteiger partial charge is 0.299 e. The molecule has 1 nitrogen and oxygen atoms in total. The zero-order chi connectivity index (χ0) is 7.98. The summed E-state index contributed by atoms with van der Waals surface area (Å²) in [6, 6.07) is 0. The van der Waals surface area contributed by atoms with E-state index in [1.54, 1.807) is 6.08 Å². The molecule has 0 saturated heterocycles. The molecule has 0 aliphatic heterocycles. The zero-order valence-corrected chi connectivity index (χ0v) is 7.00. The highest BCUT2D eigenvalue weighted by atomic mass is 16.1. The van der Waals surface area contributed by atoms with Crippen molar-refractivity contribution in [2.75, 3.05) is 0 Å². The Labute approximate surface area is 63.1 Å². The molecule has 0 aromatic rings. The van der Waals surface area contributed by atoms with Crippen LogP contribution in [-0.4, -0.2) is 6.29 Å². The van der Waals surface area contributed by atoms with Crippen molar-refractivity contribution in [3.63, 3.8) is 0 Å². The van der Waals surface area contributed by atoms with Crippen molar-refractivity contribution in [3.8, 4) is 0 Å². The van der Waals surface area contributed by atoms with E-state index in [4.69, 9.17) is 0 Å². The third-order valence-corrected chi connectivity index (χ3v) is 1.36. The van der Waals surface area contributed by atoms with Gasteiger partial charge >= 0.3 is 0 Å².